The molecule has 1 aliphatic carbocycles. The van der Waals surface area contributed by atoms with Crippen molar-refractivity contribution in [3.63, 3.8) is 0 Å². The molecular weight excluding hydrogens is 522 g/mol. The Kier molecular flexibility index (Phi) is 9.65. The van der Waals surface area contributed by atoms with Gasteiger partial charge in [0, 0.05) is 12.8 Å². The first-order valence-electron chi connectivity index (χ1n) is 14.0. The second kappa shape index (κ2) is 13.7. The first kappa shape index (κ1) is 28.8. The molecule has 3 atom stereocenters. The monoisotopic (exact) mass is 558 g/mol. The van der Waals surface area contributed by atoms with Gasteiger partial charge in [0.05, 0.1) is 39.0 Å². The van der Waals surface area contributed by atoms with Crippen molar-refractivity contribution in [3.8, 4) is 11.5 Å². The zero-order valence-corrected chi connectivity index (χ0v) is 23.3. The van der Waals surface area contributed by atoms with Crippen LogP contribution in [0, 0.1) is 5.92 Å². The standard InChI is InChI=1S/C35H36F2O4/c1-38-31-18-16-26(17-19-31)20-29-14-8-9-15-33(29)41-34-22-32(40-24-28-12-6-3-7-13-28)21-30(35(34,36)37)25-39-23-27-10-4-2-5-11-27/h2-19,30,32,34H,20-25H2,1H3/t30-,32?,34-/m0/s1. The molecule has 0 aromatic heterocycles. The molecule has 4 aromatic rings. The summed E-state index contributed by atoms with van der Waals surface area (Å²) in [7, 11) is 1.62. The predicted octanol–water partition coefficient (Wildman–Crippen LogP) is 7.88. The Morgan fingerprint density at radius 3 is 2.02 bits per heavy atom. The van der Waals surface area contributed by atoms with Gasteiger partial charge in [-0.15, -0.1) is 0 Å². The molecule has 0 radical (unpaired) electrons. The van der Waals surface area contributed by atoms with Crippen LogP contribution in [0.2, 0.25) is 0 Å². The Bertz CT molecular complexity index is 1350. The second-order valence-corrected chi connectivity index (χ2v) is 10.5. The molecule has 1 unspecified atom stereocenters. The van der Waals surface area contributed by atoms with Crippen molar-refractivity contribution >= 4 is 0 Å². The average Bonchev–Trinajstić information content (AvgIpc) is 3.00. The summed E-state index contributed by atoms with van der Waals surface area (Å²) in [6, 6.07) is 34.5. The number of rotatable bonds is 12. The summed E-state index contributed by atoms with van der Waals surface area (Å²) < 4.78 is 55.6. The van der Waals surface area contributed by atoms with Crippen molar-refractivity contribution < 1.29 is 27.7 Å². The number of para-hydroxylation sites is 1. The van der Waals surface area contributed by atoms with Gasteiger partial charge < -0.3 is 18.9 Å². The topological polar surface area (TPSA) is 36.9 Å². The van der Waals surface area contributed by atoms with E-state index in [9.17, 15) is 0 Å². The maximum Gasteiger partial charge on any atom is 0.289 e. The zero-order chi connectivity index (χ0) is 28.5. The van der Waals surface area contributed by atoms with Gasteiger partial charge in [-0.3, -0.25) is 0 Å². The van der Waals surface area contributed by atoms with Gasteiger partial charge >= 0.3 is 0 Å². The molecule has 6 heteroatoms. The number of halogens is 2. The van der Waals surface area contributed by atoms with Crippen molar-refractivity contribution in [1.82, 2.24) is 0 Å². The van der Waals surface area contributed by atoms with E-state index in [1.807, 2.05) is 103 Å². The Balaban J connectivity index is 1.32. The van der Waals surface area contributed by atoms with Gasteiger partial charge in [0.25, 0.3) is 5.92 Å². The minimum atomic E-state index is -3.10. The fourth-order valence-electron chi connectivity index (χ4n) is 5.23. The summed E-state index contributed by atoms with van der Waals surface area (Å²) in [6.45, 7) is 0.551. The lowest BCUT2D eigenvalue weighted by Crippen LogP contribution is -2.53. The minimum Gasteiger partial charge on any atom is -0.497 e. The van der Waals surface area contributed by atoms with Crippen molar-refractivity contribution in [3.05, 3.63) is 131 Å². The average molecular weight is 559 g/mol. The summed E-state index contributed by atoms with van der Waals surface area (Å²) in [5, 5.41) is 0. The van der Waals surface area contributed by atoms with Crippen molar-refractivity contribution in [1.29, 1.82) is 0 Å². The Morgan fingerprint density at radius 1 is 0.707 bits per heavy atom. The molecule has 0 spiro atoms. The number of hydrogen-bond acceptors (Lipinski definition) is 4. The molecule has 1 saturated carbocycles. The van der Waals surface area contributed by atoms with Crippen molar-refractivity contribution in [2.45, 2.75) is 50.6 Å². The van der Waals surface area contributed by atoms with E-state index in [1.165, 1.54) is 0 Å². The molecule has 0 saturated heterocycles. The third-order valence-corrected chi connectivity index (χ3v) is 7.55. The molecule has 0 amide bonds. The normalized spacial score (nSPS) is 19.9. The molecule has 41 heavy (non-hydrogen) atoms. The van der Waals surface area contributed by atoms with Gasteiger partial charge in [0.2, 0.25) is 0 Å². The number of benzene rings is 4. The van der Waals surface area contributed by atoms with Crippen molar-refractivity contribution in [2.75, 3.05) is 13.7 Å². The number of alkyl halides is 2. The van der Waals surface area contributed by atoms with Gasteiger partial charge in [-0.25, -0.2) is 8.78 Å². The smallest absolute Gasteiger partial charge is 0.289 e. The predicted molar refractivity (Wildman–Crippen MR) is 155 cm³/mol. The lowest BCUT2D eigenvalue weighted by Gasteiger charge is -2.41. The number of ether oxygens (including phenoxy) is 4. The summed E-state index contributed by atoms with van der Waals surface area (Å²) >= 11 is 0. The highest BCUT2D eigenvalue weighted by molar-refractivity contribution is 5.39. The van der Waals surface area contributed by atoms with Crippen LogP contribution in [0.1, 0.15) is 35.1 Å². The van der Waals surface area contributed by atoms with Crippen LogP contribution >= 0.6 is 0 Å². The first-order chi connectivity index (χ1) is 20.0. The molecule has 4 aromatic carbocycles. The Hall–Kier alpha value is -3.74. The van der Waals surface area contributed by atoms with Crippen LogP contribution in [0.25, 0.3) is 0 Å². The molecule has 1 fully saturated rings. The molecule has 0 bridgehead atoms. The molecule has 5 rings (SSSR count). The summed E-state index contributed by atoms with van der Waals surface area (Å²) in [5.74, 6) is -2.92. The number of hydrogen-bond donors (Lipinski definition) is 0. The fraction of sp³-hybridized carbons (Fsp3) is 0.314. The summed E-state index contributed by atoms with van der Waals surface area (Å²) in [4.78, 5) is 0. The number of methoxy groups -OCH3 is 1. The SMILES string of the molecule is COc1ccc(Cc2ccccc2O[C@H]2CC(OCc3ccccc3)C[C@@H](COCc3ccccc3)C2(F)F)cc1. The molecule has 0 N–H and O–H groups in total. The Labute approximate surface area is 240 Å². The van der Waals surface area contributed by atoms with Crippen LogP contribution in [0.15, 0.2) is 109 Å². The van der Waals surface area contributed by atoms with E-state index in [2.05, 4.69) is 0 Å². The van der Waals surface area contributed by atoms with Crippen LogP contribution in [0.4, 0.5) is 8.78 Å². The molecular formula is C35H36F2O4. The van der Waals surface area contributed by atoms with Gasteiger partial charge in [-0.1, -0.05) is 91.0 Å². The zero-order valence-electron chi connectivity index (χ0n) is 23.3. The highest BCUT2D eigenvalue weighted by atomic mass is 19.3. The van der Waals surface area contributed by atoms with Crippen LogP contribution in [0.3, 0.4) is 0 Å². The van der Waals surface area contributed by atoms with E-state index in [0.717, 1.165) is 28.0 Å². The quantitative estimate of drug-likeness (QED) is 0.177. The van der Waals surface area contributed by atoms with E-state index >= 15 is 8.78 Å². The maximum atomic E-state index is 16.0. The summed E-state index contributed by atoms with van der Waals surface area (Å²) in [5.41, 5.74) is 3.83. The van der Waals surface area contributed by atoms with E-state index in [0.29, 0.717) is 18.8 Å². The molecule has 1 aliphatic rings. The van der Waals surface area contributed by atoms with Crippen LogP contribution in [0.5, 0.6) is 11.5 Å². The van der Waals surface area contributed by atoms with Gasteiger partial charge in [0.15, 0.2) is 6.10 Å². The largest absolute Gasteiger partial charge is 0.497 e. The van der Waals surface area contributed by atoms with Crippen LogP contribution in [-0.2, 0) is 29.1 Å². The third-order valence-electron chi connectivity index (χ3n) is 7.55. The molecule has 0 aliphatic heterocycles. The first-order valence-corrected chi connectivity index (χ1v) is 14.0. The highest BCUT2D eigenvalue weighted by Gasteiger charge is 2.54. The third kappa shape index (κ3) is 7.72. The van der Waals surface area contributed by atoms with E-state index in [-0.39, 0.29) is 32.2 Å². The van der Waals surface area contributed by atoms with E-state index in [1.54, 1.807) is 13.2 Å². The Morgan fingerprint density at radius 2 is 1.34 bits per heavy atom. The molecule has 0 heterocycles. The highest BCUT2D eigenvalue weighted by Crippen LogP contribution is 2.43. The van der Waals surface area contributed by atoms with Gasteiger partial charge in [-0.05, 0) is 46.9 Å². The second-order valence-electron chi connectivity index (χ2n) is 10.5. The fourth-order valence-corrected chi connectivity index (χ4v) is 5.23. The van der Waals surface area contributed by atoms with Crippen molar-refractivity contribution in [2.24, 2.45) is 5.92 Å². The maximum absolute atomic E-state index is 16.0. The molecule has 214 valence electrons. The van der Waals surface area contributed by atoms with Gasteiger partial charge in [-0.2, -0.15) is 0 Å². The minimum absolute atomic E-state index is 0.0829. The van der Waals surface area contributed by atoms with Gasteiger partial charge in [0.1, 0.15) is 11.5 Å². The van der Waals surface area contributed by atoms with Crippen LogP contribution in [-0.4, -0.2) is 31.8 Å². The molecule has 4 nitrogen and oxygen atoms in total. The summed E-state index contributed by atoms with van der Waals surface area (Å²) in [6.07, 6.45) is -0.901. The lowest BCUT2D eigenvalue weighted by molar-refractivity contribution is -0.200. The van der Waals surface area contributed by atoms with Crippen LogP contribution < -0.4 is 9.47 Å². The van der Waals surface area contributed by atoms with E-state index in [4.69, 9.17) is 18.9 Å². The lowest BCUT2D eigenvalue weighted by atomic mass is 9.81. The van der Waals surface area contributed by atoms with E-state index < -0.39 is 17.9 Å².